The summed E-state index contributed by atoms with van der Waals surface area (Å²) in [6, 6.07) is 6.34. The number of carbonyl (C=O) groups excluding carboxylic acids is 1. The summed E-state index contributed by atoms with van der Waals surface area (Å²) in [5.74, 6) is -0.0869. The molecule has 3 rings (SSSR count). The molecular formula is C18H25BrN4O. The number of aromatic nitrogens is 1. The number of hydrogen-bond acceptors (Lipinski definition) is 3. The average molecular weight is 393 g/mol. The van der Waals surface area contributed by atoms with E-state index in [-0.39, 0.29) is 5.91 Å². The number of aryl methyl sites for hydroxylation is 1. The molecule has 24 heavy (non-hydrogen) atoms. The molecule has 0 aliphatic heterocycles. The highest BCUT2D eigenvalue weighted by Crippen LogP contribution is 2.35. The van der Waals surface area contributed by atoms with Crippen molar-refractivity contribution in [3.63, 3.8) is 0 Å². The van der Waals surface area contributed by atoms with Gasteiger partial charge in [0.1, 0.15) is 0 Å². The normalized spacial score (nSPS) is 18.4. The van der Waals surface area contributed by atoms with Crippen LogP contribution in [0, 0.1) is 0 Å². The minimum absolute atomic E-state index is 0.0869. The van der Waals surface area contributed by atoms with E-state index in [0.717, 1.165) is 30.3 Å². The van der Waals surface area contributed by atoms with Crippen molar-refractivity contribution in [3.8, 4) is 0 Å². The molecule has 130 valence electrons. The van der Waals surface area contributed by atoms with E-state index in [9.17, 15) is 4.79 Å². The Hall–Kier alpha value is -1.37. The molecule has 5 N–H and O–H groups in total. The van der Waals surface area contributed by atoms with E-state index >= 15 is 0 Å². The molecule has 2 atom stereocenters. The van der Waals surface area contributed by atoms with Crippen molar-refractivity contribution in [1.29, 1.82) is 0 Å². The van der Waals surface area contributed by atoms with Gasteiger partial charge in [0.05, 0.1) is 6.04 Å². The van der Waals surface area contributed by atoms with E-state index < -0.39 is 6.04 Å². The highest BCUT2D eigenvalue weighted by Gasteiger charge is 2.23. The Balaban J connectivity index is 1.59. The molecule has 1 unspecified atom stereocenters. The predicted molar refractivity (Wildman–Crippen MR) is 101 cm³/mol. The number of amides is 1. The van der Waals surface area contributed by atoms with Gasteiger partial charge in [-0.05, 0) is 62.9 Å². The zero-order chi connectivity index (χ0) is 17.1. The molecule has 1 heterocycles. The Kier molecular flexibility index (Phi) is 5.58. The van der Waals surface area contributed by atoms with Gasteiger partial charge in [0.25, 0.3) is 0 Å². The number of H-pyrrole nitrogens is 1. The molecule has 0 fully saturated rings. The van der Waals surface area contributed by atoms with Crippen LogP contribution in [0.15, 0.2) is 22.7 Å². The van der Waals surface area contributed by atoms with E-state index in [4.69, 9.17) is 5.73 Å². The molecule has 6 heteroatoms. The van der Waals surface area contributed by atoms with Crippen LogP contribution in [0.25, 0.3) is 10.9 Å². The second kappa shape index (κ2) is 7.68. The summed E-state index contributed by atoms with van der Waals surface area (Å²) in [5, 5.41) is 7.81. The van der Waals surface area contributed by atoms with Crippen molar-refractivity contribution in [2.75, 3.05) is 13.1 Å². The number of benzene rings is 1. The van der Waals surface area contributed by atoms with Gasteiger partial charge < -0.3 is 21.4 Å². The molecule has 1 aliphatic rings. The van der Waals surface area contributed by atoms with Gasteiger partial charge in [-0.15, -0.1) is 0 Å². The van der Waals surface area contributed by atoms with Gasteiger partial charge in [-0.1, -0.05) is 15.9 Å². The second-order valence-corrected chi connectivity index (χ2v) is 7.46. The van der Waals surface area contributed by atoms with Crippen LogP contribution in [-0.2, 0) is 11.2 Å². The Labute approximate surface area is 150 Å². The summed E-state index contributed by atoms with van der Waals surface area (Å²) in [7, 11) is 0. The lowest BCUT2D eigenvalue weighted by molar-refractivity contribution is -0.121. The molecule has 2 aromatic rings. The Morgan fingerprint density at radius 3 is 3.08 bits per heavy atom. The van der Waals surface area contributed by atoms with Crippen LogP contribution in [0.1, 0.15) is 43.5 Å². The second-order valence-electron chi connectivity index (χ2n) is 6.54. The number of nitrogens with one attached hydrogen (secondary N) is 3. The van der Waals surface area contributed by atoms with Crippen molar-refractivity contribution in [2.45, 2.75) is 44.7 Å². The van der Waals surface area contributed by atoms with Crippen molar-refractivity contribution < 1.29 is 4.79 Å². The lowest BCUT2D eigenvalue weighted by Gasteiger charge is -2.24. The fourth-order valence-corrected chi connectivity index (χ4v) is 3.74. The Bertz CT molecular complexity index is 725. The van der Waals surface area contributed by atoms with E-state index in [1.807, 2.05) is 0 Å². The largest absolute Gasteiger partial charge is 0.357 e. The standard InChI is InChI=1S/C18H25BrN4O/c1-11(20)18(24)22-9-3-8-21-16-5-2-4-13-14-10-12(19)6-7-15(14)23-17(13)16/h6-7,10-11,16,21,23H,2-5,8-9,20H2,1H3,(H,22,24)/t11-,16?/m1/s1. The van der Waals surface area contributed by atoms with Gasteiger partial charge in [-0.25, -0.2) is 0 Å². The summed E-state index contributed by atoms with van der Waals surface area (Å²) >= 11 is 3.57. The zero-order valence-electron chi connectivity index (χ0n) is 14.0. The van der Waals surface area contributed by atoms with E-state index in [2.05, 4.69) is 49.7 Å². The fourth-order valence-electron chi connectivity index (χ4n) is 3.38. The first-order valence-electron chi connectivity index (χ1n) is 8.63. The molecule has 0 radical (unpaired) electrons. The van der Waals surface area contributed by atoms with Crippen molar-refractivity contribution in [1.82, 2.24) is 15.6 Å². The molecule has 0 saturated carbocycles. The van der Waals surface area contributed by atoms with Gasteiger partial charge in [0, 0.05) is 33.7 Å². The average Bonchev–Trinajstić information content (AvgIpc) is 2.93. The first kappa shape index (κ1) is 17.5. The Morgan fingerprint density at radius 2 is 2.29 bits per heavy atom. The van der Waals surface area contributed by atoms with Gasteiger partial charge in [-0.2, -0.15) is 0 Å². The summed E-state index contributed by atoms with van der Waals surface area (Å²) in [6.45, 7) is 3.24. The lowest BCUT2D eigenvalue weighted by Crippen LogP contribution is -2.39. The van der Waals surface area contributed by atoms with Crippen LogP contribution < -0.4 is 16.4 Å². The molecule has 1 amide bonds. The number of hydrogen-bond donors (Lipinski definition) is 4. The minimum Gasteiger partial charge on any atom is -0.357 e. The number of halogens is 1. The van der Waals surface area contributed by atoms with Crippen LogP contribution in [-0.4, -0.2) is 30.0 Å². The quantitative estimate of drug-likeness (QED) is 0.570. The molecule has 5 nitrogen and oxygen atoms in total. The van der Waals surface area contributed by atoms with Gasteiger partial charge in [0.2, 0.25) is 5.91 Å². The highest BCUT2D eigenvalue weighted by molar-refractivity contribution is 9.10. The first-order valence-corrected chi connectivity index (χ1v) is 9.42. The highest BCUT2D eigenvalue weighted by atomic mass is 79.9. The van der Waals surface area contributed by atoms with Gasteiger partial charge >= 0.3 is 0 Å². The number of rotatable bonds is 6. The molecule has 0 spiro atoms. The molecule has 1 aromatic carbocycles. The third-order valence-electron chi connectivity index (χ3n) is 4.63. The SMILES string of the molecule is C[C@@H](N)C(=O)NCCCNC1CCCc2c1[nH]c1ccc(Br)cc21. The monoisotopic (exact) mass is 392 g/mol. The van der Waals surface area contributed by atoms with Crippen LogP contribution in [0.5, 0.6) is 0 Å². The molecule has 1 aromatic heterocycles. The topological polar surface area (TPSA) is 82.9 Å². The summed E-state index contributed by atoms with van der Waals surface area (Å²) in [6.07, 6.45) is 4.38. The maximum Gasteiger partial charge on any atom is 0.236 e. The lowest BCUT2D eigenvalue weighted by atomic mass is 9.91. The summed E-state index contributed by atoms with van der Waals surface area (Å²) in [4.78, 5) is 15.0. The maximum atomic E-state index is 11.4. The van der Waals surface area contributed by atoms with Crippen LogP contribution in [0.4, 0.5) is 0 Å². The van der Waals surface area contributed by atoms with Crippen LogP contribution in [0.2, 0.25) is 0 Å². The van der Waals surface area contributed by atoms with E-state index in [1.165, 1.54) is 28.6 Å². The molecule has 0 bridgehead atoms. The van der Waals surface area contributed by atoms with Gasteiger partial charge in [-0.3, -0.25) is 4.79 Å². The molecule has 0 saturated heterocycles. The van der Waals surface area contributed by atoms with Crippen molar-refractivity contribution >= 4 is 32.7 Å². The van der Waals surface area contributed by atoms with Crippen LogP contribution in [0.3, 0.4) is 0 Å². The minimum atomic E-state index is -0.440. The number of nitrogens with two attached hydrogens (primary N) is 1. The predicted octanol–water partition coefficient (Wildman–Crippen LogP) is 2.75. The first-order chi connectivity index (χ1) is 11.6. The van der Waals surface area contributed by atoms with E-state index in [0.29, 0.717) is 12.6 Å². The van der Waals surface area contributed by atoms with E-state index in [1.54, 1.807) is 6.92 Å². The summed E-state index contributed by atoms with van der Waals surface area (Å²) in [5.41, 5.74) is 9.51. The number of aromatic amines is 1. The molecular weight excluding hydrogens is 368 g/mol. The van der Waals surface area contributed by atoms with Crippen molar-refractivity contribution in [2.24, 2.45) is 5.73 Å². The maximum absolute atomic E-state index is 11.4. The summed E-state index contributed by atoms with van der Waals surface area (Å²) < 4.78 is 1.12. The third-order valence-corrected chi connectivity index (χ3v) is 5.12. The fraction of sp³-hybridized carbons (Fsp3) is 0.500. The Morgan fingerprint density at radius 1 is 1.46 bits per heavy atom. The number of fused-ring (bicyclic) bond motifs is 3. The van der Waals surface area contributed by atoms with Crippen molar-refractivity contribution in [3.05, 3.63) is 33.9 Å². The van der Waals surface area contributed by atoms with Crippen LogP contribution >= 0.6 is 15.9 Å². The third kappa shape index (κ3) is 3.82. The van der Waals surface area contributed by atoms with Gasteiger partial charge in [0.15, 0.2) is 0 Å². The smallest absolute Gasteiger partial charge is 0.236 e. The number of carbonyl (C=O) groups is 1. The molecule has 1 aliphatic carbocycles. The zero-order valence-corrected chi connectivity index (χ0v) is 15.6.